The molecule has 1 aromatic heterocycles. The van der Waals surface area contributed by atoms with Crippen molar-refractivity contribution in [3.8, 4) is 0 Å². The van der Waals surface area contributed by atoms with Gasteiger partial charge in [0, 0.05) is 30.1 Å². The van der Waals surface area contributed by atoms with Crippen molar-refractivity contribution in [1.29, 1.82) is 0 Å². The molecule has 25 heavy (non-hydrogen) atoms. The molecule has 134 valence electrons. The quantitative estimate of drug-likeness (QED) is 0.922. The van der Waals surface area contributed by atoms with Crippen LogP contribution in [0.15, 0.2) is 33.6 Å². The SMILES string of the molecule is COC(=O)N1CC[C@H](c2cc(=O)[nH]o2)C[C@H]1Cc1c(F)cccc1F. The van der Waals surface area contributed by atoms with Crippen molar-refractivity contribution < 1.29 is 22.8 Å². The lowest BCUT2D eigenvalue weighted by Crippen LogP contribution is -2.46. The highest BCUT2D eigenvalue weighted by Gasteiger charge is 2.35. The van der Waals surface area contributed by atoms with Crippen molar-refractivity contribution in [3.63, 3.8) is 0 Å². The zero-order chi connectivity index (χ0) is 18.0. The molecule has 2 atom stereocenters. The van der Waals surface area contributed by atoms with Crippen LogP contribution in [0.5, 0.6) is 0 Å². The van der Waals surface area contributed by atoms with Gasteiger partial charge in [0.1, 0.15) is 17.4 Å². The van der Waals surface area contributed by atoms with Crippen LogP contribution in [0.4, 0.5) is 13.6 Å². The molecule has 0 aliphatic carbocycles. The first-order chi connectivity index (χ1) is 12.0. The zero-order valence-electron chi connectivity index (χ0n) is 13.6. The number of carbonyl (C=O) groups excluding carboxylic acids is 1. The van der Waals surface area contributed by atoms with Crippen LogP contribution >= 0.6 is 0 Å². The minimum atomic E-state index is -0.653. The maximum Gasteiger partial charge on any atom is 0.409 e. The van der Waals surface area contributed by atoms with Gasteiger partial charge in [0.05, 0.1) is 7.11 Å². The van der Waals surface area contributed by atoms with Crippen LogP contribution in [-0.4, -0.2) is 35.8 Å². The molecule has 8 heteroatoms. The first-order valence-corrected chi connectivity index (χ1v) is 7.95. The number of carbonyl (C=O) groups is 1. The fourth-order valence-electron chi connectivity index (χ4n) is 3.32. The molecular formula is C17H18F2N2O4. The molecule has 3 rings (SSSR count). The molecule has 0 spiro atoms. The number of amides is 1. The summed E-state index contributed by atoms with van der Waals surface area (Å²) in [4.78, 5) is 24.8. The van der Waals surface area contributed by atoms with E-state index in [0.717, 1.165) is 0 Å². The van der Waals surface area contributed by atoms with Gasteiger partial charge in [-0.1, -0.05) is 6.07 Å². The number of H-pyrrole nitrogens is 1. The van der Waals surface area contributed by atoms with Crippen LogP contribution in [0, 0.1) is 11.6 Å². The second-order valence-corrected chi connectivity index (χ2v) is 6.06. The molecule has 0 unspecified atom stereocenters. The van der Waals surface area contributed by atoms with Crippen LogP contribution in [-0.2, 0) is 11.2 Å². The van der Waals surface area contributed by atoms with E-state index in [-0.39, 0.29) is 23.5 Å². The Bertz CT molecular complexity index is 797. The number of nitrogens with zero attached hydrogens (tertiary/aromatic N) is 1. The highest BCUT2D eigenvalue weighted by Crippen LogP contribution is 2.33. The van der Waals surface area contributed by atoms with Crippen LogP contribution in [0.3, 0.4) is 0 Å². The van der Waals surface area contributed by atoms with Crippen molar-refractivity contribution in [2.45, 2.75) is 31.2 Å². The Morgan fingerprint density at radius 1 is 1.40 bits per heavy atom. The minimum absolute atomic E-state index is 0.0127. The van der Waals surface area contributed by atoms with Crippen LogP contribution in [0.25, 0.3) is 0 Å². The summed E-state index contributed by atoms with van der Waals surface area (Å²) in [6.45, 7) is 0.340. The number of piperidine rings is 1. The number of ether oxygens (including phenoxy) is 1. The highest BCUT2D eigenvalue weighted by molar-refractivity contribution is 5.68. The van der Waals surface area contributed by atoms with Gasteiger partial charge in [-0.15, -0.1) is 0 Å². The average molecular weight is 352 g/mol. The van der Waals surface area contributed by atoms with Gasteiger partial charge >= 0.3 is 6.09 Å². The van der Waals surface area contributed by atoms with E-state index in [4.69, 9.17) is 9.26 Å². The number of hydrogen-bond acceptors (Lipinski definition) is 4. The lowest BCUT2D eigenvalue weighted by molar-refractivity contribution is 0.0811. The Kier molecular flexibility index (Phi) is 4.87. The highest BCUT2D eigenvalue weighted by atomic mass is 19.1. The number of methoxy groups -OCH3 is 1. The summed E-state index contributed by atoms with van der Waals surface area (Å²) in [5, 5.41) is 2.24. The molecule has 2 aromatic rings. The van der Waals surface area contributed by atoms with E-state index in [1.165, 1.54) is 36.3 Å². The van der Waals surface area contributed by atoms with Gasteiger partial charge in [0.2, 0.25) is 0 Å². The summed E-state index contributed by atoms with van der Waals surface area (Å²) < 4.78 is 37.9. The number of nitrogens with one attached hydrogen (secondary N) is 1. The number of rotatable bonds is 3. The van der Waals surface area contributed by atoms with Crippen molar-refractivity contribution >= 4 is 6.09 Å². The number of benzene rings is 1. The lowest BCUT2D eigenvalue weighted by atomic mass is 9.86. The summed E-state index contributed by atoms with van der Waals surface area (Å²) in [5.74, 6) is -0.951. The van der Waals surface area contributed by atoms with Gasteiger partial charge in [0.25, 0.3) is 5.56 Å². The summed E-state index contributed by atoms with van der Waals surface area (Å²) in [6.07, 6.45) is 0.435. The van der Waals surface area contributed by atoms with Gasteiger partial charge in [-0.25, -0.2) is 13.6 Å². The largest absolute Gasteiger partial charge is 0.453 e. The lowest BCUT2D eigenvalue weighted by Gasteiger charge is -2.38. The van der Waals surface area contributed by atoms with E-state index in [1.54, 1.807) is 0 Å². The Morgan fingerprint density at radius 3 is 2.72 bits per heavy atom. The number of likely N-dealkylation sites (tertiary alicyclic amines) is 1. The molecule has 1 saturated heterocycles. The summed E-state index contributed by atoms with van der Waals surface area (Å²) in [5.41, 5.74) is -0.417. The summed E-state index contributed by atoms with van der Waals surface area (Å²) in [7, 11) is 1.26. The number of hydrogen-bond donors (Lipinski definition) is 1. The van der Waals surface area contributed by atoms with Crippen molar-refractivity contribution in [3.05, 3.63) is 57.6 Å². The predicted molar refractivity (Wildman–Crippen MR) is 84.3 cm³/mol. The number of aromatic nitrogens is 1. The molecule has 6 nitrogen and oxygen atoms in total. The smallest absolute Gasteiger partial charge is 0.409 e. The predicted octanol–water partition coefficient (Wildman–Crippen LogP) is 2.80. The Balaban J connectivity index is 1.86. The molecule has 1 amide bonds. The first kappa shape index (κ1) is 17.2. The van der Waals surface area contributed by atoms with Gasteiger partial charge in [-0.3, -0.25) is 4.79 Å². The maximum absolute atomic E-state index is 14.0. The normalized spacial score (nSPS) is 20.5. The van der Waals surface area contributed by atoms with Gasteiger partial charge in [0.15, 0.2) is 0 Å². The fraction of sp³-hybridized carbons (Fsp3) is 0.412. The summed E-state index contributed by atoms with van der Waals surface area (Å²) >= 11 is 0. The Morgan fingerprint density at radius 2 is 2.12 bits per heavy atom. The molecule has 2 heterocycles. The first-order valence-electron chi connectivity index (χ1n) is 7.95. The summed E-state index contributed by atoms with van der Waals surface area (Å²) in [6, 6.07) is 4.56. The van der Waals surface area contributed by atoms with Crippen molar-refractivity contribution in [2.24, 2.45) is 0 Å². The molecular weight excluding hydrogens is 334 g/mol. The monoisotopic (exact) mass is 352 g/mol. The zero-order valence-corrected chi connectivity index (χ0v) is 13.6. The van der Waals surface area contributed by atoms with Gasteiger partial charge < -0.3 is 14.2 Å². The van der Waals surface area contributed by atoms with Crippen LogP contribution in [0.2, 0.25) is 0 Å². The minimum Gasteiger partial charge on any atom is -0.453 e. The number of aromatic amines is 1. The van der Waals surface area contributed by atoms with Gasteiger partial charge in [-0.2, -0.15) is 5.16 Å². The second-order valence-electron chi connectivity index (χ2n) is 6.06. The van der Waals surface area contributed by atoms with Crippen LogP contribution in [0.1, 0.15) is 30.1 Å². The van der Waals surface area contributed by atoms with E-state index in [2.05, 4.69) is 5.16 Å². The van der Waals surface area contributed by atoms with E-state index < -0.39 is 23.8 Å². The molecule has 1 N–H and O–H groups in total. The van der Waals surface area contributed by atoms with E-state index >= 15 is 0 Å². The van der Waals surface area contributed by atoms with Crippen molar-refractivity contribution in [1.82, 2.24) is 10.1 Å². The third kappa shape index (κ3) is 3.57. The third-order valence-electron chi connectivity index (χ3n) is 4.57. The van der Waals surface area contributed by atoms with Crippen LogP contribution < -0.4 is 5.56 Å². The standard InChI is InChI=1S/C17H18F2N2O4/c1-24-17(23)21-6-5-10(15-9-16(22)20-25-15)7-11(21)8-12-13(18)3-2-4-14(12)19/h2-4,9-11H,5-8H2,1H3,(H,20,22)/t10-,11-/m0/s1. The molecule has 0 saturated carbocycles. The van der Waals surface area contributed by atoms with Crippen molar-refractivity contribution in [2.75, 3.05) is 13.7 Å². The average Bonchev–Trinajstić information content (AvgIpc) is 3.04. The third-order valence-corrected chi connectivity index (χ3v) is 4.57. The molecule has 1 aromatic carbocycles. The Labute approximate surface area is 142 Å². The van der Waals surface area contributed by atoms with Gasteiger partial charge in [-0.05, 0) is 31.4 Å². The Hall–Kier alpha value is -2.64. The fourth-order valence-corrected chi connectivity index (χ4v) is 3.32. The number of halogens is 2. The van der Waals surface area contributed by atoms with E-state index in [9.17, 15) is 18.4 Å². The molecule has 0 radical (unpaired) electrons. The molecule has 0 bridgehead atoms. The molecule has 1 aliphatic rings. The molecule has 1 aliphatic heterocycles. The maximum atomic E-state index is 14.0. The van der Waals surface area contributed by atoms with E-state index in [1.807, 2.05) is 0 Å². The second kappa shape index (κ2) is 7.08. The topological polar surface area (TPSA) is 75.5 Å². The molecule has 1 fully saturated rings. The van der Waals surface area contributed by atoms with E-state index in [0.29, 0.717) is 25.1 Å².